The molecule has 0 aliphatic heterocycles. The van der Waals surface area contributed by atoms with Crippen molar-refractivity contribution in [3.05, 3.63) is 255 Å². The van der Waals surface area contributed by atoms with Gasteiger partial charge in [-0.05, 0) is 130 Å². The molecule has 14 aromatic rings. The van der Waals surface area contributed by atoms with Crippen LogP contribution in [0.2, 0.25) is 0 Å². The molecule has 0 radical (unpaired) electrons. The number of aromatic nitrogens is 3. The molecule has 0 aliphatic rings. The van der Waals surface area contributed by atoms with Crippen molar-refractivity contribution >= 4 is 93.3 Å². The molecule has 0 spiro atoms. The Balaban J connectivity index is 0.900. The zero-order valence-electron chi connectivity index (χ0n) is 37.0. The lowest BCUT2D eigenvalue weighted by Crippen LogP contribution is -2.10. The van der Waals surface area contributed by atoms with E-state index in [1.165, 1.54) is 87.3 Å². The van der Waals surface area contributed by atoms with Gasteiger partial charge in [-0.1, -0.05) is 158 Å². The Morgan fingerprint density at radius 3 is 1.26 bits per heavy atom. The molecule has 11 aromatic carbocycles. The molecule has 0 unspecified atom stereocenters. The first-order valence-corrected chi connectivity index (χ1v) is 23.3. The summed E-state index contributed by atoms with van der Waals surface area (Å²) in [6, 6.07) is 92.8. The van der Waals surface area contributed by atoms with Gasteiger partial charge in [0.1, 0.15) is 5.65 Å². The minimum Gasteiger partial charge on any atom is -0.310 e. The summed E-state index contributed by atoms with van der Waals surface area (Å²) in [5.41, 5.74) is 15.0. The van der Waals surface area contributed by atoms with E-state index in [4.69, 9.17) is 0 Å². The second-order valence-electron chi connectivity index (χ2n) is 17.8. The summed E-state index contributed by atoms with van der Waals surface area (Å²) in [5.74, 6) is 0. The number of para-hydroxylation sites is 5. The summed E-state index contributed by atoms with van der Waals surface area (Å²) in [7, 11) is 0. The molecule has 68 heavy (non-hydrogen) atoms. The molecule has 0 saturated carbocycles. The first kappa shape index (κ1) is 38.2. The van der Waals surface area contributed by atoms with Crippen LogP contribution >= 0.6 is 0 Å². The van der Waals surface area contributed by atoms with Crippen molar-refractivity contribution in [3.8, 4) is 28.2 Å². The van der Waals surface area contributed by atoms with Crippen LogP contribution in [0, 0.1) is 0 Å². The molecule has 3 aromatic heterocycles. The van der Waals surface area contributed by atoms with Gasteiger partial charge in [0.2, 0.25) is 0 Å². The van der Waals surface area contributed by atoms with E-state index in [0.717, 1.165) is 34.1 Å². The van der Waals surface area contributed by atoms with Crippen LogP contribution in [0.15, 0.2) is 255 Å². The van der Waals surface area contributed by atoms with Crippen LogP contribution in [0.1, 0.15) is 0 Å². The number of hydrogen-bond donors (Lipinski definition) is 0. The molecule has 14 rings (SSSR count). The van der Waals surface area contributed by atoms with Crippen LogP contribution in [-0.2, 0) is 0 Å². The van der Waals surface area contributed by atoms with Crippen molar-refractivity contribution in [2.75, 3.05) is 4.90 Å². The van der Waals surface area contributed by atoms with E-state index in [0.29, 0.717) is 0 Å². The highest BCUT2D eigenvalue weighted by Crippen LogP contribution is 2.43. The highest BCUT2D eigenvalue weighted by atomic mass is 15.1. The van der Waals surface area contributed by atoms with Crippen LogP contribution in [0.25, 0.3) is 104 Å². The minimum atomic E-state index is 1.09. The molecule has 0 aliphatic carbocycles. The molecule has 0 atom stereocenters. The van der Waals surface area contributed by atoms with Crippen molar-refractivity contribution in [2.45, 2.75) is 0 Å². The highest BCUT2D eigenvalue weighted by Gasteiger charge is 2.22. The monoisotopic (exact) mass is 866 g/mol. The van der Waals surface area contributed by atoms with Crippen molar-refractivity contribution in [1.29, 1.82) is 0 Å². The first-order chi connectivity index (χ1) is 33.7. The third-order valence-electron chi connectivity index (χ3n) is 14.0. The number of anilines is 3. The fourth-order valence-corrected chi connectivity index (χ4v) is 11.0. The lowest BCUT2D eigenvalue weighted by Gasteiger charge is -2.26. The normalized spacial score (nSPS) is 11.8. The lowest BCUT2D eigenvalue weighted by molar-refractivity contribution is 1.07. The van der Waals surface area contributed by atoms with Crippen LogP contribution in [0.4, 0.5) is 17.1 Å². The number of benzene rings is 11. The van der Waals surface area contributed by atoms with Gasteiger partial charge in [-0.15, -0.1) is 0 Å². The molecule has 0 saturated heterocycles. The molecule has 0 N–H and O–H groups in total. The number of hydrogen-bond acceptors (Lipinski definition) is 1. The Labute approximate surface area is 393 Å². The third kappa shape index (κ3) is 5.87. The van der Waals surface area contributed by atoms with Crippen LogP contribution in [0.3, 0.4) is 0 Å². The van der Waals surface area contributed by atoms with Gasteiger partial charge in [-0.25, -0.2) is 0 Å². The van der Waals surface area contributed by atoms with Gasteiger partial charge in [0.05, 0.1) is 22.1 Å². The summed E-state index contributed by atoms with van der Waals surface area (Å²) < 4.78 is 7.26. The lowest BCUT2D eigenvalue weighted by atomic mass is 10.00. The summed E-state index contributed by atoms with van der Waals surface area (Å²) >= 11 is 0. The predicted octanol–water partition coefficient (Wildman–Crippen LogP) is 17.3. The van der Waals surface area contributed by atoms with E-state index >= 15 is 0 Å². The molecule has 4 heteroatoms. The quantitative estimate of drug-likeness (QED) is 0.146. The molecular weight excluding hydrogens is 825 g/mol. The summed E-state index contributed by atoms with van der Waals surface area (Å²) in [6.07, 6.45) is 0. The van der Waals surface area contributed by atoms with Gasteiger partial charge >= 0.3 is 0 Å². The van der Waals surface area contributed by atoms with Gasteiger partial charge in [-0.3, -0.25) is 9.13 Å². The van der Waals surface area contributed by atoms with E-state index in [-0.39, 0.29) is 0 Å². The van der Waals surface area contributed by atoms with Crippen LogP contribution in [-0.4, -0.2) is 13.7 Å². The first-order valence-electron chi connectivity index (χ1n) is 23.3. The maximum absolute atomic E-state index is 2.46. The summed E-state index contributed by atoms with van der Waals surface area (Å²) in [6.45, 7) is 0. The average molecular weight is 867 g/mol. The SMILES string of the molecule is c1ccc(-c2ccc(N(c3ccc(-n4c5ccccc5c5ccccc54)cc3)c3ccc4c(ccc5cc(-n6c7ccccc7c7c8ccccc8n(-c8ccccc8)c76)ccc54)c3)cc2)cc1. The highest BCUT2D eigenvalue weighted by molar-refractivity contribution is 6.22. The molecule has 0 amide bonds. The van der Waals surface area contributed by atoms with E-state index in [9.17, 15) is 0 Å². The van der Waals surface area contributed by atoms with E-state index in [2.05, 4.69) is 273 Å². The Morgan fingerprint density at radius 1 is 0.250 bits per heavy atom. The van der Waals surface area contributed by atoms with Crippen LogP contribution < -0.4 is 4.90 Å². The fourth-order valence-electron chi connectivity index (χ4n) is 11.0. The van der Waals surface area contributed by atoms with Crippen molar-refractivity contribution < 1.29 is 0 Å². The smallest absolute Gasteiger partial charge is 0.131 e. The largest absolute Gasteiger partial charge is 0.310 e. The van der Waals surface area contributed by atoms with Gasteiger partial charge in [0.25, 0.3) is 0 Å². The Kier molecular flexibility index (Phi) is 8.55. The standard InChI is InChI=1S/C64H42N4/c1-3-15-43(16-4-1)44-29-31-48(32-30-44)65(49-33-35-50(36-34-49)66-59-23-11-7-19-55(59)56-20-8-12-24-60(56)66)51-37-39-53-45(41-51)27-28-46-42-52(38-40-54(46)53)68-62-26-14-10-22-58(62)63-57-21-9-13-25-61(57)67(64(63)68)47-17-5-2-6-18-47/h1-42H. The Hall–Kier alpha value is -9.12. The fraction of sp³-hybridized carbons (Fsp3) is 0. The van der Waals surface area contributed by atoms with Gasteiger partial charge in [-0.2, -0.15) is 0 Å². The van der Waals surface area contributed by atoms with Crippen molar-refractivity contribution in [1.82, 2.24) is 13.7 Å². The zero-order chi connectivity index (χ0) is 44.7. The predicted molar refractivity (Wildman–Crippen MR) is 287 cm³/mol. The zero-order valence-corrected chi connectivity index (χ0v) is 37.0. The van der Waals surface area contributed by atoms with Crippen molar-refractivity contribution in [3.63, 3.8) is 0 Å². The van der Waals surface area contributed by atoms with E-state index in [1.807, 2.05) is 0 Å². The van der Waals surface area contributed by atoms with Gasteiger partial charge in [0.15, 0.2) is 0 Å². The molecular formula is C64H42N4. The topological polar surface area (TPSA) is 18.0 Å². The third-order valence-corrected chi connectivity index (χ3v) is 14.0. The second-order valence-corrected chi connectivity index (χ2v) is 17.8. The maximum Gasteiger partial charge on any atom is 0.131 e. The van der Waals surface area contributed by atoms with Crippen molar-refractivity contribution in [2.24, 2.45) is 0 Å². The van der Waals surface area contributed by atoms with Crippen LogP contribution in [0.5, 0.6) is 0 Å². The second kappa shape index (κ2) is 15.2. The molecule has 0 fully saturated rings. The molecule has 318 valence electrons. The Morgan fingerprint density at radius 2 is 0.662 bits per heavy atom. The Bertz CT molecular complexity index is 4180. The average Bonchev–Trinajstić information content (AvgIpc) is 4.05. The molecule has 0 bridgehead atoms. The summed E-state index contributed by atoms with van der Waals surface area (Å²) in [5, 5.41) is 11.1. The number of nitrogens with zero attached hydrogens (tertiary/aromatic N) is 4. The summed E-state index contributed by atoms with van der Waals surface area (Å²) in [4.78, 5) is 2.38. The maximum atomic E-state index is 2.46. The van der Waals surface area contributed by atoms with Gasteiger partial charge in [0, 0.05) is 61.1 Å². The van der Waals surface area contributed by atoms with Gasteiger partial charge < -0.3 is 9.47 Å². The van der Waals surface area contributed by atoms with E-state index < -0.39 is 0 Å². The number of fused-ring (bicyclic) bond motifs is 11. The van der Waals surface area contributed by atoms with E-state index in [1.54, 1.807) is 0 Å². The number of rotatable bonds is 7. The molecule has 4 nitrogen and oxygen atoms in total. The molecule has 3 heterocycles. The minimum absolute atomic E-state index is 1.09.